The predicted octanol–water partition coefficient (Wildman–Crippen LogP) is 3.39. The minimum Gasteiger partial charge on any atom is -0.361 e. The number of hydrogen-bond donors (Lipinski definition) is 1. The zero-order chi connectivity index (χ0) is 18.4. The van der Waals surface area contributed by atoms with Crippen molar-refractivity contribution >= 4 is 22.4 Å². The van der Waals surface area contributed by atoms with Crippen molar-refractivity contribution in [3.8, 4) is 0 Å². The molecule has 3 heterocycles. The monoisotopic (exact) mass is 367 g/mol. The highest BCUT2D eigenvalue weighted by Gasteiger charge is 2.38. The number of nitrogens with zero attached hydrogens (tertiary/aromatic N) is 2. The number of carbonyl (C=O) groups excluding carboxylic acids is 1. The summed E-state index contributed by atoms with van der Waals surface area (Å²) in [5.41, 5.74) is 4.99. The Morgan fingerprint density at radius 3 is 2.93 bits per heavy atom. The van der Waals surface area contributed by atoms with Gasteiger partial charge < -0.3 is 9.88 Å². The highest BCUT2D eigenvalue weighted by molar-refractivity contribution is 5.99. The molecule has 2 aromatic rings. The molecule has 5 heteroatoms. The number of carbonyl (C=O) groups is 1. The molecule has 1 aromatic heterocycles. The second kappa shape index (κ2) is 6.79. The first kappa shape index (κ1) is 17.0. The maximum atomic E-state index is 13.1. The van der Waals surface area contributed by atoms with E-state index in [2.05, 4.69) is 40.4 Å². The fourth-order valence-corrected chi connectivity index (χ4v) is 5.16. The summed E-state index contributed by atoms with van der Waals surface area (Å²) in [6, 6.07) is 6.61. The molecule has 1 aromatic carbocycles. The molecule has 5 rings (SSSR count). The predicted molar refractivity (Wildman–Crippen MR) is 105 cm³/mol. The normalized spacial score (nSPS) is 24.9. The summed E-state index contributed by atoms with van der Waals surface area (Å²) in [6.45, 7) is 2.86. The van der Waals surface area contributed by atoms with E-state index in [1.807, 2.05) is 4.90 Å². The molecular weight excluding hydrogens is 341 g/mol. The van der Waals surface area contributed by atoms with Gasteiger partial charge in [-0.05, 0) is 48.4 Å². The molecule has 2 atom stereocenters. The maximum Gasteiger partial charge on any atom is 0.230 e. The van der Waals surface area contributed by atoms with Crippen LogP contribution in [0.4, 0.5) is 4.39 Å². The van der Waals surface area contributed by atoms with Gasteiger partial charge in [0.2, 0.25) is 5.91 Å². The Kier molecular flexibility index (Phi) is 4.27. The summed E-state index contributed by atoms with van der Waals surface area (Å²) in [5.74, 6) is 0.125. The lowest BCUT2D eigenvalue weighted by Gasteiger charge is -2.42. The van der Waals surface area contributed by atoms with E-state index in [-0.39, 0.29) is 24.5 Å². The fraction of sp³-hybridized carbons (Fsp3) is 0.500. The molecule has 27 heavy (non-hydrogen) atoms. The first-order valence-electron chi connectivity index (χ1n) is 10.2. The van der Waals surface area contributed by atoms with Gasteiger partial charge in [-0.2, -0.15) is 0 Å². The van der Waals surface area contributed by atoms with E-state index in [1.165, 1.54) is 22.1 Å². The average molecular weight is 367 g/mol. The average Bonchev–Trinajstić information content (AvgIpc) is 3.37. The Morgan fingerprint density at radius 1 is 1.26 bits per heavy atom. The molecule has 0 saturated carbocycles. The number of aromatic nitrogens is 1. The summed E-state index contributed by atoms with van der Waals surface area (Å²) in [7, 11) is 0. The van der Waals surface area contributed by atoms with Crippen molar-refractivity contribution < 1.29 is 9.18 Å². The third kappa shape index (κ3) is 2.80. The fourth-order valence-electron chi connectivity index (χ4n) is 5.16. The van der Waals surface area contributed by atoms with E-state index in [9.17, 15) is 9.18 Å². The third-order valence-corrected chi connectivity index (χ3v) is 6.44. The number of halogens is 1. The quantitative estimate of drug-likeness (QED) is 0.900. The van der Waals surface area contributed by atoms with Gasteiger partial charge in [0.15, 0.2) is 0 Å². The number of hydrogen-bond acceptors (Lipinski definition) is 2. The van der Waals surface area contributed by atoms with Crippen LogP contribution in [-0.4, -0.2) is 59.6 Å². The van der Waals surface area contributed by atoms with Gasteiger partial charge in [0.25, 0.3) is 0 Å². The molecule has 1 amide bonds. The molecule has 1 aliphatic carbocycles. The van der Waals surface area contributed by atoms with E-state index in [0.29, 0.717) is 19.5 Å². The van der Waals surface area contributed by atoms with Crippen LogP contribution in [0.15, 0.2) is 30.5 Å². The third-order valence-electron chi connectivity index (χ3n) is 6.44. The highest BCUT2D eigenvalue weighted by Crippen LogP contribution is 2.41. The lowest BCUT2D eigenvalue weighted by molar-refractivity contribution is -0.133. The van der Waals surface area contributed by atoms with Crippen molar-refractivity contribution in [2.75, 3.05) is 32.9 Å². The highest BCUT2D eigenvalue weighted by atomic mass is 19.1. The number of amides is 1. The number of likely N-dealkylation sites (tertiary alicyclic amines) is 1. The van der Waals surface area contributed by atoms with Gasteiger partial charge in [-0.15, -0.1) is 0 Å². The summed E-state index contributed by atoms with van der Waals surface area (Å²) in [5, 5.41) is 1.29. The number of H-pyrrole nitrogens is 1. The lowest BCUT2D eigenvalue weighted by atomic mass is 9.79. The van der Waals surface area contributed by atoms with Gasteiger partial charge in [-0.25, -0.2) is 0 Å². The summed E-state index contributed by atoms with van der Waals surface area (Å²) >= 11 is 0. The second-order valence-corrected chi connectivity index (χ2v) is 8.06. The Balaban J connectivity index is 1.56. The summed E-state index contributed by atoms with van der Waals surface area (Å²) in [6.07, 6.45) is 8.00. The Morgan fingerprint density at radius 2 is 2.11 bits per heavy atom. The van der Waals surface area contributed by atoms with Gasteiger partial charge in [0.1, 0.15) is 0 Å². The molecule has 2 aliphatic heterocycles. The number of benzene rings is 1. The number of aromatic amines is 1. The molecular formula is C22H26FN3O. The molecule has 0 unspecified atom stereocenters. The van der Waals surface area contributed by atoms with Crippen LogP contribution in [0.5, 0.6) is 0 Å². The Hall–Kier alpha value is -2.14. The smallest absolute Gasteiger partial charge is 0.230 e. The molecule has 0 spiro atoms. The minimum atomic E-state index is -0.308. The lowest BCUT2D eigenvalue weighted by Crippen LogP contribution is -2.49. The molecule has 1 N–H and O–H groups in total. The number of nitrogens with one attached hydrogen (secondary N) is 1. The zero-order valence-corrected chi connectivity index (χ0v) is 15.6. The second-order valence-electron chi connectivity index (χ2n) is 8.06. The van der Waals surface area contributed by atoms with Crippen LogP contribution < -0.4 is 0 Å². The van der Waals surface area contributed by atoms with Crippen LogP contribution >= 0.6 is 0 Å². The minimum absolute atomic E-state index is 0.121. The molecule has 0 bridgehead atoms. The summed E-state index contributed by atoms with van der Waals surface area (Å²) in [4.78, 5) is 20.9. The largest absolute Gasteiger partial charge is 0.361 e. The van der Waals surface area contributed by atoms with Crippen molar-refractivity contribution in [1.82, 2.24) is 14.8 Å². The van der Waals surface area contributed by atoms with Crippen LogP contribution in [-0.2, 0) is 11.2 Å². The Labute approximate surface area is 159 Å². The number of alkyl halides is 1. The van der Waals surface area contributed by atoms with Crippen molar-refractivity contribution in [1.29, 1.82) is 0 Å². The van der Waals surface area contributed by atoms with E-state index >= 15 is 0 Å². The zero-order valence-electron chi connectivity index (χ0n) is 15.6. The van der Waals surface area contributed by atoms with Crippen molar-refractivity contribution in [2.24, 2.45) is 5.92 Å². The molecule has 1 fully saturated rings. The van der Waals surface area contributed by atoms with Crippen molar-refractivity contribution in [3.05, 3.63) is 41.6 Å². The van der Waals surface area contributed by atoms with Crippen LogP contribution in [0.2, 0.25) is 0 Å². The Bertz CT molecular complexity index is 896. The van der Waals surface area contributed by atoms with Gasteiger partial charge in [0, 0.05) is 49.3 Å². The molecule has 1 saturated heterocycles. The van der Waals surface area contributed by atoms with E-state index in [4.69, 9.17) is 0 Å². The SMILES string of the molecule is O=C([C@@H]1C=C2c3cccc4[nH]cc(c34)C[C@H]2N(CCCF)C1)N1CCCC1. The maximum absolute atomic E-state index is 13.1. The van der Waals surface area contributed by atoms with Crippen LogP contribution in [0.3, 0.4) is 0 Å². The van der Waals surface area contributed by atoms with Gasteiger partial charge in [-0.1, -0.05) is 18.2 Å². The van der Waals surface area contributed by atoms with Crippen molar-refractivity contribution in [3.63, 3.8) is 0 Å². The molecule has 3 aliphatic rings. The number of rotatable bonds is 4. The van der Waals surface area contributed by atoms with E-state index in [1.54, 1.807) is 0 Å². The number of fused-ring (bicyclic) bond motifs is 2. The van der Waals surface area contributed by atoms with Crippen LogP contribution in [0.25, 0.3) is 16.5 Å². The molecule has 142 valence electrons. The first-order valence-corrected chi connectivity index (χ1v) is 10.2. The van der Waals surface area contributed by atoms with Crippen molar-refractivity contribution in [2.45, 2.75) is 31.7 Å². The topological polar surface area (TPSA) is 39.3 Å². The van der Waals surface area contributed by atoms with Gasteiger partial charge in [-0.3, -0.25) is 14.1 Å². The van der Waals surface area contributed by atoms with Gasteiger partial charge in [0.05, 0.1) is 12.6 Å². The molecule has 4 nitrogen and oxygen atoms in total. The first-order chi connectivity index (χ1) is 13.3. The van der Waals surface area contributed by atoms with E-state index in [0.717, 1.165) is 37.9 Å². The standard InChI is InChI=1S/C22H26FN3O/c23-7-4-10-26-14-16(22(27)25-8-1-2-9-25)11-18-17-5-3-6-19-21(17)15(13-24-19)12-20(18)26/h3,5-6,11,13,16,20,24H,1-2,4,7-10,12,14H2/t16-,20-/m1/s1. The summed E-state index contributed by atoms with van der Waals surface area (Å²) < 4.78 is 12.9. The van der Waals surface area contributed by atoms with E-state index < -0.39 is 0 Å². The molecule has 0 radical (unpaired) electrons. The van der Waals surface area contributed by atoms with Crippen LogP contribution in [0.1, 0.15) is 30.4 Å². The van der Waals surface area contributed by atoms with Crippen LogP contribution in [0, 0.1) is 5.92 Å². The van der Waals surface area contributed by atoms with Gasteiger partial charge >= 0.3 is 0 Å².